The molecule has 3 aromatic rings. The van der Waals surface area contributed by atoms with E-state index in [9.17, 15) is 0 Å². The highest BCUT2D eigenvalue weighted by Gasteiger charge is 2.14. The lowest BCUT2D eigenvalue weighted by molar-refractivity contribution is 0.771. The Labute approximate surface area is 129 Å². The average molecular weight is 303 g/mol. The van der Waals surface area contributed by atoms with Crippen molar-refractivity contribution in [2.24, 2.45) is 0 Å². The fourth-order valence-corrected chi connectivity index (χ4v) is 5.02. The molecular formula is C18H22S2. The van der Waals surface area contributed by atoms with Crippen molar-refractivity contribution in [2.45, 2.75) is 52.4 Å². The normalized spacial score (nSPS) is 11.7. The van der Waals surface area contributed by atoms with Crippen molar-refractivity contribution in [3.63, 3.8) is 0 Å². The Morgan fingerprint density at radius 3 is 2.45 bits per heavy atom. The molecule has 0 saturated carbocycles. The van der Waals surface area contributed by atoms with Gasteiger partial charge in [-0.3, -0.25) is 0 Å². The number of thiophene rings is 2. The Balaban J connectivity index is 2.16. The predicted octanol–water partition coefficient (Wildman–Crippen LogP) is 6.80. The topological polar surface area (TPSA) is 0 Å². The first kappa shape index (κ1) is 14.1. The molecule has 0 aliphatic carbocycles. The zero-order valence-electron chi connectivity index (χ0n) is 12.4. The van der Waals surface area contributed by atoms with E-state index in [2.05, 4.69) is 37.4 Å². The van der Waals surface area contributed by atoms with E-state index >= 15 is 0 Å². The molecule has 2 aromatic heterocycles. The van der Waals surface area contributed by atoms with Crippen LogP contribution in [0.5, 0.6) is 0 Å². The molecule has 2 heterocycles. The van der Waals surface area contributed by atoms with Gasteiger partial charge in [0.25, 0.3) is 0 Å². The quantitative estimate of drug-likeness (QED) is 0.469. The number of hydrogen-bond acceptors (Lipinski definition) is 2. The molecule has 0 saturated heterocycles. The average Bonchev–Trinajstić information content (AvgIpc) is 3.06. The number of fused-ring (bicyclic) bond motifs is 3. The Hall–Kier alpha value is -0.860. The Morgan fingerprint density at radius 1 is 0.900 bits per heavy atom. The number of aryl methyl sites for hydroxylation is 2. The molecule has 0 fully saturated rings. The maximum atomic E-state index is 2.34. The minimum atomic E-state index is 1.25. The molecule has 20 heavy (non-hydrogen) atoms. The first-order chi connectivity index (χ1) is 9.85. The first-order valence-electron chi connectivity index (χ1n) is 7.75. The van der Waals surface area contributed by atoms with E-state index in [-0.39, 0.29) is 0 Å². The molecule has 0 N–H and O–H groups in total. The fraction of sp³-hybridized carbons (Fsp3) is 0.444. The van der Waals surface area contributed by atoms with Gasteiger partial charge in [0.05, 0.1) is 0 Å². The number of rotatable bonds is 6. The molecule has 0 amide bonds. The summed E-state index contributed by atoms with van der Waals surface area (Å²) in [6.07, 6.45) is 7.72. The van der Waals surface area contributed by atoms with E-state index in [4.69, 9.17) is 0 Å². The van der Waals surface area contributed by atoms with Crippen LogP contribution in [0.4, 0.5) is 0 Å². The van der Waals surface area contributed by atoms with Gasteiger partial charge in [-0.15, -0.1) is 22.7 Å². The molecule has 3 rings (SSSR count). The summed E-state index contributed by atoms with van der Waals surface area (Å²) in [6, 6.07) is 6.95. The van der Waals surface area contributed by atoms with Crippen LogP contribution in [-0.2, 0) is 12.8 Å². The molecule has 0 atom stereocenters. The minimum absolute atomic E-state index is 1.25. The van der Waals surface area contributed by atoms with E-state index in [0.717, 1.165) is 0 Å². The van der Waals surface area contributed by atoms with Crippen LogP contribution in [0.25, 0.3) is 20.2 Å². The molecule has 0 bridgehead atoms. The van der Waals surface area contributed by atoms with Gasteiger partial charge in [-0.05, 0) is 54.8 Å². The number of hydrogen-bond donors (Lipinski definition) is 0. The highest BCUT2D eigenvalue weighted by molar-refractivity contribution is 7.20. The first-order valence-corrected chi connectivity index (χ1v) is 9.45. The van der Waals surface area contributed by atoms with Crippen LogP contribution in [0.2, 0.25) is 0 Å². The van der Waals surface area contributed by atoms with Gasteiger partial charge in [-0.1, -0.05) is 26.7 Å². The van der Waals surface area contributed by atoms with Gasteiger partial charge < -0.3 is 0 Å². The van der Waals surface area contributed by atoms with E-state index in [1.807, 2.05) is 22.7 Å². The van der Waals surface area contributed by atoms with Crippen molar-refractivity contribution in [2.75, 3.05) is 0 Å². The van der Waals surface area contributed by atoms with Gasteiger partial charge in [-0.2, -0.15) is 0 Å². The third-order valence-corrected chi connectivity index (χ3v) is 6.15. The maximum Gasteiger partial charge on any atom is 0.0355 e. The van der Waals surface area contributed by atoms with Gasteiger partial charge in [0.1, 0.15) is 0 Å². The van der Waals surface area contributed by atoms with Crippen LogP contribution in [0.15, 0.2) is 23.6 Å². The van der Waals surface area contributed by atoms with E-state index in [0.29, 0.717) is 0 Å². The summed E-state index contributed by atoms with van der Waals surface area (Å²) < 4.78 is 2.93. The van der Waals surface area contributed by atoms with Gasteiger partial charge in [-0.25, -0.2) is 0 Å². The molecule has 1 aromatic carbocycles. The standard InChI is InChI=1S/C18H22S2/c1-3-5-7-13-16(8-6-4-2)20-17-10-9-15-14(18(13)17)11-12-19-15/h9-12H,3-8H2,1-2H3. The van der Waals surface area contributed by atoms with Gasteiger partial charge in [0.15, 0.2) is 0 Å². The van der Waals surface area contributed by atoms with Crippen molar-refractivity contribution in [3.05, 3.63) is 34.0 Å². The van der Waals surface area contributed by atoms with Crippen molar-refractivity contribution >= 4 is 42.8 Å². The lowest BCUT2D eigenvalue weighted by Gasteiger charge is -2.04. The molecule has 0 radical (unpaired) electrons. The van der Waals surface area contributed by atoms with Crippen molar-refractivity contribution in [1.29, 1.82) is 0 Å². The summed E-state index contributed by atoms with van der Waals surface area (Å²) in [6.45, 7) is 4.58. The summed E-state index contributed by atoms with van der Waals surface area (Å²) >= 11 is 3.90. The summed E-state index contributed by atoms with van der Waals surface area (Å²) in [5.41, 5.74) is 1.66. The number of unbranched alkanes of at least 4 members (excludes halogenated alkanes) is 2. The minimum Gasteiger partial charge on any atom is -0.144 e. The van der Waals surface area contributed by atoms with Crippen LogP contribution in [0, 0.1) is 0 Å². The fourth-order valence-electron chi connectivity index (χ4n) is 2.91. The van der Waals surface area contributed by atoms with Crippen molar-refractivity contribution in [1.82, 2.24) is 0 Å². The van der Waals surface area contributed by atoms with Crippen molar-refractivity contribution in [3.8, 4) is 0 Å². The van der Waals surface area contributed by atoms with Crippen molar-refractivity contribution < 1.29 is 0 Å². The summed E-state index contributed by atoms with van der Waals surface area (Å²) in [5.74, 6) is 0. The molecule has 0 aliphatic rings. The Kier molecular flexibility index (Phi) is 4.42. The maximum absolute atomic E-state index is 2.34. The van der Waals surface area contributed by atoms with Gasteiger partial charge in [0, 0.05) is 25.0 Å². The molecular weight excluding hydrogens is 280 g/mol. The third kappa shape index (κ3) is 2.51. The second kappa shape index (κ2) is 6.28. The third-order valence-electron chi connectivity index (χ3n) is 4.01. The van der Waals surface area contributed by atoms with Gasteiger partial charge in [0.2, 0.25) is 0 Å². The highest BCUT2D eigenvalue weighted by Crippen LogP contribution is 2.39. The van der Waals surface area contributed by atoms with Crippen LogP contribution >= 0.6 is 22.7 Å². The zero-order valence-corrected chi connectivity index (χ0v) is 14.0. The van der Waals surface area contributed by atoms with E-state index in [1.54, 1.807) is 15.8 Å². The smallest absolute Gasteiger partial charge is 0.0355 e. The molecule has 0 nitrogen and oxygen atoms in total. The predicted molar refractivity (Wildman–Crippen MR) is 94.4 cm³/mol. The molecule has 2 heteroatoms. The van der Waals surface area contributed by atoms with Crippen LogP contribution in [0.3, 0.4) is 0 Å². The molecule has 106 valence electrons. The largest absolute Gasteiger partial charge is 0.144 e. The number of benzene rings is 1. The highest BCUT2D eigenvalue weighted by atomic mass is 32.1. The second-order valence-electron chi connectivity index (χ2n) is 5.48. The molecule has 0 aliphatic heterocycles. The molecule has 0 spiro atoms. The van der Waals surface area contributed by atoms with E-state index < -0.39 is 0 Å². The monoisotopic (exact) mass is 302 g/mol. The van der Waals surface area contributed by atoms with Gasteiger partial charge >= 0.3 is 0 Å². The van der Waals surface area contributed by atoms with Crippen LogP contribution in [0.1, 0.15) is 50.0 Å². The van der Waals surface area contributed by atoms with Crippen LogP contribution in [-0.4, -0.2) is 0 Å². The summed E-state index contributed by atoms with van der Waals surface area (Å²) in [5, 5.41) is 5.28. The summed E-state index contributed by atoms with van der Waals surface area (Å²) in [7, 11) is 0. The molecule has 0 unspecified atom stereocenters. The SMILES string of the molecule is CCCCc1sc2ccc3sccc3c2c1CCCC. The Bertz CT molecular complexity index is 703. The van der Waals surface area contributed by atoms with Crippen LogP contribution < -0.4 is 0 Å². The van der Waals surface area contributed by atoms with E-state index in [1.165, 1.54) is 53.3 Å². The lowest BCUT2D eigenvalue weighted by atomic mass is 10.0. The zero-order chi connectivity index (χ0) is 13.9. The lowest BCUT2D eigenvalue weighted by Crippen LogP contribution is -1.90. The summed E-state index contributed by atoms with van der Waals surface area (Å²) in [4.78, 5) is 1.65. The Morgan fingerprint density at radius 2 is 1.65 bits per heavy atom. The second-order valence-corrected chi connectivity index (χ2v) is 7.57.